The van der Waals surface area contributed by atoms with Crippen molar-refractivity contribution in [1.29, 1.82) is 0 Å². The van der Waals surface area contributed by atoms with Crippen LogP contribution in [-0.4, -0.2) is 72.5 Å². The summed E-state index contributed by atoms with van der Waals surface area (Å²) in [6.45, 7) is 4.26. The number of likely N-dealkylation sites (N-methyl/N-ethyl adjacent to an activating group) is 2. The average Bonchev–Trinajstić information content (AvgIpc) is 3.30. The van der Waals surface area contributed by atoms with Crippen molar-refractivity contribution in [2.24, 2.45) is 0 Å². The lowest BCUT2D eigenvalue weighted by molar-refractivity contribution is 0.0781. The third-order valence-electron chi connectivity index (χ3n) is 7.37. The number of rotatable bonds is 3. The average molecular weight is 470 g/mol. The molecule has 1 N–H and O–H groups in total. The van der Waals surface area contributed by atoms with Gasteiger partial charge in [-0.2, -0.15) is 0 Å². The molecule has 7 heteroatoms. The number of hydrogen-bond donors (Lipinski definition) is 1. The van der Waals surface area contributed by atoms with Crippen LogP contribution in [-0.2, 0) is 6.42 Å². The summed E-state index contributed by atoms with van der Waals surface area (Å²) in [6.07, 6.45) is 4.58. The van der Waals surface area contributed by atoms with E-state index in [0.717, 1.165) is 83.6 Å². The predicted molar refractivity (Wildman–Crippen MR) is 137 cm³/mol. The van der Waals surface area contributed by atoms with Crippen LogP contribution in [0.2, 0.25) is 0 Å². The van der Waals surface area contributed by atoms with Gasteiger partial charge < -0.3 is 19.7 Å². The normalized spacial score (nSPS) is 16.7. The van der Waals surface area contributed by atoms with Gasteiger partial charge in [-0.05, 0) is 54.4 Å². The summed E-state index contributed by atoms with van der Waals surface area (Å²) in [5.74, 6) is -0.131. The van der Waals surface area contributed by atoms with Crippen molar-refractivity contribution in [3.05, 3.63) is 71.8 Å². The van der Waals surface area contributed by atoms with Gasteiger partial charge in [0, 0.05) is 74.2 Å². The first kappa shape index (κ1) is 21.8. The van der Waals surface area contributed by atoms with E-state index in [4.69, 9.17) is 0 Å². The molecule has 2 aromatic carbocycles. The Balaban J connectivity index is 1.34. The molecule has 35 heavy (non-hydrogen) atoms. The van der Waals surface area contributed by atoms with Gasteiger partial charge in [-0.3, -0.25) is 4.79 Å². The molecule has 0 radical (unpaired) electrons. The lowest BCUT2D eigenvalue weighted by Crippen LogP contribution is -2.44. The van der Waals surface area contributed by atoms with Gasteiger partial charge in [-0.1, -0.05) is 18.2 Å². The molecule has 2 aliphatic heterocycles. The molecular formula is C28H28FN5O. The third kappa shape index (κ3) is 3.86. The van der Waals surface area contributed by atoms with Crippen LogP contribution in [0.4, 0.5) is 10.1 Å². The molecule has 2 aliphatic rings. The topological polar surface area (TPSA) is 55.5 Å². The van der Waals surface area contributed by atoms with Gasteiger partial charge >= 0.3 is 0 Å². The summed E-state index contributed by atoms with van der Waals surface area (Å²) in [5, 5.41) is 0.977. The summed E-state index contributed by atoms with van der Waals surface area (Å²) in [7, 11) is 3.93. The van der Waals surface area contributed by atoms with Gasteiger partial charge in [-0.15, -0.1) is 0 Å². The highest BCUT2D eigenvalue weighted by Crippen LogP contribution is 2.34. The number of carbonyl (C=O) groups excluding carboxylic acids is 1. The Morgan fingerprint density at radius 1 is 0.886 bits per heavy atom. The second kappa shape index (κ2) is 8.50. The Morgan fingerprint density at radius 3 is 2.49 bits per heavy atom. The fourth-order valence-electron chi connectivity index (χ4n) is 5.16. The molecule has 2 aromatic heterocycles. The number of nitrogens with one attached hydrogen (secondary N) is 1. The van der Waals surface area contributed by atoms with Gasteiger partial charge in [0.1, 0.15) is 11.5 Å². The minimum absolute atomic E-state index is 0.0720. The zero-order valence-corrected chi connectivity index (χ0v) is 20.0. The van der Waals surface area contributed by atoms with Crippen LogP contribution in [0.25, 0.3) is 33.3 Å². The lowest BCUT2D eigenvalue weighted by atomic mass is 9.94. The van der Waals surface area contributed by atoms with Gasteiger partial charge in [-0.25, -0.2) is 9.37 Å². The lowest BCUT2D eigenvalue weighted by Gasteiger charge is -2.34. The smallest absolute Gasteiger partial charge is 0.253 e. The highest BCUT2D eigenvalue weighted by atomic mass is 19.1. The number of fused-ring (bicyclic) bond motifs is 2. The van der Waals surface area contributed by atoms with Crippen LogP contribution in [0.3, 0.4) is 0 Å². The Labute approximate surface area is 204 Å². The molecule has 4 heterocycles. The number of amides is 1. The maximum absolute atomic E-state index is 15.1. The molecule has 0 bridgehead atoms. The van der Waals surface area contributed by atoms with E-state index in [1.165, 1.54) is 0 Å². The molecule has 4 aromatic rings. The first-order valence-electron chi connectivity index (χ1n) is 12.1. The fourth-order valence-corrected chi connectivity index (χ4v) is 5.16. The molecule has 6 nitrogen and oxygen atoms in total. The standard InChI is InChI=1S/C28H28FN5O/c1-32-9-11-34(12-10-32)26-6-4-18(15-25(26)29)21-14-23-24(17-31-27(23)30-16-21)19-3-5-22-20(13-19)7-8-33(2)28(22)35/h3-6,13-17H,7-12H2,1-2H3,(H,30,31). The van der Waals surface area contributed by atoms with Crippen LogP contribution < -0.4 is 4.90 Å². The Bertz CT molecular complexity index is 1440. The van der Waals surface area contributed by atoms with E-state index in [0.29, 0.717) is 5.69 Å². The first-order valence-corrected chi connectivity index (χ1v) is 12.1. The van der Waals surface area contributed by atoms with Crippen molar-refractivity contribution < 1.29 is 9.18 Å². The monoisotopic (exact) mass is 469 g/mol. The predicted octanol–water partition coefficient (Wildman–Crippen LogP) is 4.42. The number of benzene rings is 2. The Kier molecular flexibility index (Phi) is 5.29. The molecule has 1 fully saturated rings. The van der Waals surface area contributed by atoms with E-state index in [1.807, 2.05) is 37.5 Å². The number of halogens is 1. The van der Waals surface area contributed by atoms with Crippen LogP contribution in [0, 0.1) is 5.82 Å². The molecule has 0 saturated carbocycles. The summed E-state index contributed by atoms with van der Waals surface area (Å²) in [5.41, 5.74) is 7.04. The molecular weight excluding hydrogens is 441 g/mol. The maximum Gasteiger partial charge on any atom is 0.253 e. The van der Waals surface area contributed by atoms with Crippen molar-refractivity contribution in [2.75, 3.05) is 51.7 Å². The summed E-state index contributed by atoms with van der Waals surface area (Å²) >= 11 is 0. The SMILES string of the molecule is CN1CCN(c2ccc(-c3cnc4[nH]cc(-c5ccc6c(c5)CCN(C)C6=O)c4c3)cc2F)CC1. The number of aromatic amines is 1. The number of hydrogen-bond acceptors (Lipinski definition) is 4. The maximum atomic E-state index is 15.1. The number of carbonyl (C=O) groups is 1. The Morgan fingerprint density at radius 2 is 1.69 bits per heavy atom. The van der Waals surface area contributed by atoms with Crippen LogP contribution in [0.1, 0.15) is 15.9 Å². The second-order valence-corrected chi connectivity index (χ2v) is 9.63. The number of nitrogens with zero attached hydrogens (tertiary/aromatic N) is 4. The van der Waals surface area contributed by atoms with Gasteiger partial charge in [0.2, 0.25) is 0 Å². The molecule has 178 valence electrons. The van der Waals surface area contributed by atoms with Crippen molar-refractivity contribution in [3.63, 3.8) is 0 Å². The highest BCUT2D eigenvalue weighted by Gasteiger charge is 2.22. The number of H-pyrrole nitrogens is 1. The highest BCUT2D eigenvalue weighted by molar-refractivity contribution is 5.99. The second-order valence-electron chi connectivity index (χ2n) is 9.63. The van der Waals surface area contributed by atoms with Gasteiger partial charge in [0.15, 0.2) is 0 Å². The van der Waals surface area contributed by atoms with Gasteiger partial charge in [0.05, 0.1) is 5.69 Å². The Hall–Kier alpha value is -3.71. The minimum Gasteiger partial charge on any atom is -0.367 e. The zero-order valence-electron chi connectivity index (χ0n) is 20.0. The van der Waals surface area contributed by atoms with E-state index in [1.54, 1.807) is 17.2 Å². The molecule has 6 rings (SSSR count). The fraction of sp³-hybridized carbons (Fsp3) is 0.286. The summed E-state index contributed by atoms with van der Waals surface area (Å²) in [4.78, 5) is 26.5. The summed E-state index contributed by atoms with van der Waals surface area (Å²) < 4.78 is 15.1. The quantitative estimate of drug-likeness (QED) is 0.483. The van der Waals surface area contributed by atoms with E-state index >= 15 is 4.39 Å². The molecule has 0 spiro atoms. The van der Waals surface area contributed by atoms with Crippen LogP contribution >= 0.6 is 0 Å². The molecule has 0 aliphatic carbocycles. The number of aromatic nitrogens is 2. The van der Waals surface area contributed by atoms with Crippen molar-refractivity contribution in [2.45, 2.75) is 6.42 Å². The van der Waals surface area contributed by atoms with Gasteiger partial charge in [0.25, 0.3) is 5.91 Å². The van der Waals surface area contributed by atoms with Crippen molar-refractivity contribution >= 4 is 22.6 Å². The number of piperazine rings is 1. The summed E-state index contributed by atoms with van der Waals surface area (Å²) in [6, 6.07) is 13.6. The third-order valence-corrected chi connectivity index (χ3v) is 7.37. The van der Waals surface area contributed by atoms with E-state index < -0.39 is 0 Å². The van der Waals surface area contributed by atoms with Crippen molar-refractivity contribution in [1.82, 2.24) is 19.8 Å². The molecule has 1 saturated heterocycles. The first-order chi connectivity index (χ1) is 17.0. The molecule has 0 atom stereocenters. The largest absolute Gasteiger partial charge is 0.367 e. The molecule has 0 unspecified atom stereocenters. The number of anilines is 1. The van der Waals surface area contributed by atoms with Crippen molar-refractivity contribution in [3.8, 4) is 22.3 Å². The van der Waals surface area contributed by atoms with E-state index in [-0.39, 0.29) is 11.7 Å². The van der Waals surface area contributed by atoms with Crippen LogP contribution in [0.15, 0.2) is 54.9 Å². The molecule has 1 amide bonds. The van der Waals surface area contributed by atoms with Crippen LogP contribution in [0.5, 0.6) is 0 Å². The number of pyridine rings is 1. The van der Waals surface area contributed by atoms with E-state index in [9.17, 15) is 4.79 Å². The minimum atomic E-state index is -0.203. The van der Waals surface area contributed by atoms with E-state index in [2.05, 4.69) is 38.9 Å². The zero-order chi connectivity index (χ0) is 24.1.